The summed E-state index contributed by atoms with van der Waals surface area (Å²) in [6, 6.07) is 17.9. The van der Waals surface area contributed by atoms with Crippen LogP contribution in [-0.4, -0.2) is 5.11 Å². The third-order valence-electron chi connectivity index (χ3n) is 3.39. The normalized spacial score (nSPS) is 13.3. The lowest BCUT2D eigenvalue weighted by molar-refractivity contribution is 0.100. The second-order valence-electron chi connectivity index (χ2n) is 5.04. The van der Waals surface area contributed by atoms with E-state index in [1.807, 2.05) is 42.5 Å². The van der Waals surface area contributed by atoms with E-state index in [-0.39, 0.29) is 5.41 Å². The van der Waals surface area contributed by atoms with Crippen molar-refractivity contribution in [2.45, 2.75) is 25.4 Å². The molecule has 0 aliphatic rings. The van der Waals surface area contributed by atoms with Gasteiger partial charge in [-0.25, -0.2) is 0 Å². The van der Waals surface area contributed by atoms with Gasteiger partial charge in [-0.1, -0.05) is 72.2 Å². The summed E-state index contributed by atoms with van der Waals surface area (Å²) >= 11 is 3.41. The molecule has 1 nitrogen and oxygen atoms in total. The SMILES string of the molecule is CC(C)(c1ccccc1)C(O)c1ccc(Br)cc1. The molecule has 0 radical (unpaired) electrons. The first-order chi connectivity index (χ1) is 8.51. The van der Waals surface area contributed by atoms with Crippen LogP contribution >= 0.6 is 15.9 Å². The van der Waals surface area contributed by atoms with Crippen LogP contribution in [-0.2, 0) is 5.41 Å². The predicted molar refractivity (Wildman–Crippen MR) is 78.6 cm³/mol. The van der Waals surface area contributed by atoms with Crippen LogP contribution in [0.1, 0.15) is 31.1 Å². The summed E-state index contributed by atoms with van der Waals surface area (Å²) in [7, 11) is 0. The number of halogens is 1. The Labute approximate surface area is 117 Å². The molecule has 0 bridgehead atoms. The highest BCUT2D eigenvalue weighted by Crippen LogP contribution is 2.36. The van der Waals surface area contributed by atoms with Gasteiger partial charge >= 0.3 is 0 Å². The van der Waals surface area contributed by atoms with E-state index in [0.29, 0.717) is 0 Å². The van der Waals surface area contributed by atoms with E-state index in [1.165, 1.54) is 0 Å². The topological polar surface area (TPSA) is 20.2 Å². The molecule has 2 heteroatoms. The number of aliphatic hydroxyl groups excluding tert-OH is 1. The Kier molecular flexibility index (Phi) is 3.88. The van der Waals surface area contributed by atoms with Gasteiger partial charge in [-0.15, -0.1) is 0 Å². The molecule has 0 aliphatic carbocycles. The van der Waals surface area contributed by atoms with Gasteiger partial charge in [0.2, 0.25) is 0 Å². The van der Waals surface area contributed by atoms with Crippen LogP contribution in [0.5, 0.6) is 0 Å². The molecular formula is C16H17BrO. The maximum atomic E-state index is 10.6. The van der Waals surface area contributed by atoms with Gasteiger partial charge in [0.15, 0.2) is 0 Å². The molecule has 1 unspecified atom stereocenters. The van der Waals surface area contributed by atoms with Gasteiger partial charge in [0.05, 0.1) is 6.10 Å². The molecule has 0 fully saturated rings. The molecule has 0 saturated carbocycles. The van der Waals surface area contributed by atoms with Gasteiger partial charge in [-0.2, -0.15) is 0 Å². The number of hydrogen-bond acceptors (Lipinski definition) is 1. The molecule has 0 aromatic heterocycles. The maximum absolute atomic E-state index is 10.6. The molecule has 2 aromatic rings. The van der Waals surface area contributed by atoms with E-state index in [4.69, 9.17) is 0 Å². The fourth-order valence-electron chi connectivity index (χ4n) is 2.09. The number of benzene rings is 2. The number of rotatable bonds is 3. The summed E-state index contributed by atoms with van der Waals surface area (Å²) in [6.07, 6.45) is -0.520. The molecule has 1 atom stereocenters. The van der Waals surface area contributed by atoms with Crippen LogP contribution < -0.4 is 0 Å². The van der Waals surface area contributed by atoms with E-state index in [9.17, 15) is 5.11 Å². The van der Waals surface area contributed by atoms with Crippen molar-refractivity contribution in [2.75, 3.05) is 0 Å². The maximum Gasteiger partial charge on any atom is 0.0881 e. The minimum atomic E-state index is -0.520. The summed E-state index contributed by atoms with van der Waals surface area (Å²) in [5.41, 5.74) is 1.77. The van der Waals surface area contributed by atoms with Crippen LogP contribution in [0.3, 0.4) is 0 Å². The first-order valence-electron chi connectivity index (χ1n) is 6.01. The number of hydrogen-bond donors (Lipinski definition) is 1. The monoisotopic (exact) mass is 304 g/mol. The Hall–Kier alpha value is -1.12. The highest BCUT2D eigenvalue weighted by molar-refractivity contribution is 9.10. The van der Waals surface area contributed by atoms with Crippen molar-refractivity contribution in [1.82, 2.24) is 0 Å². The molecule has 0 amide bonds. The van der Waals surface area contributed by atoms with Crippen molar-refractivity contribution in [1.29, 1.82) is 0 Å². The van der Waals surface area contributed by atoms with Crippen LogP contribution in [0.15, 0.2) is 59.1 Å². The van der Waals surface area contributed by atoms with Crippen molar-refractivity contribution in [2.24, 2.45) is 0 Å². The average molecular weight is 305 g/mol. The predicted octanol–water partition coefficient (Wildman–Crippen LogP) is 4.46. The Morgan fingerprint density at radius 2 is 1.50 bits per heavy atom. The van der Waals surface area contributed by atoms with Crippen LogP contribution in [0.2, 0.25) is 0 Å². The fourth-order valence-corrected chi connectivity index (χ4v) is 2.35. The minimum Gasteiger partial charge on any atom is -0.388 e. The molecule has 2 aromatic carbocycles. The van der Waals surface area contributed by atoms with Crippen molar-refractivity contribution in [3.05, 3.63) is 70.2 Å². The zero-order valence-corrected chi connectivity index (χ0v) is 12.2. The second-order valence-corrected chi connectivity index (χ2v) is 5.96. The molecular weight excluding hydrogens is 288 g/mol. The van der Waals surface area contributed by atoms with Gasteiger partial charge in [-0.3, -0.25) is 0 Å². The molecule has 0 saturated heterocycles. The van der Waals surface area contributed by atoms with Gasteiger partial charge in [0, 0.05) is 9.89 Å². The minimum absolute atomic E-state index is 0.310. The lowest BCUT2D eigenvalue weighted by Gasteiger charge is -2.31. The van der Waals surface area contributed by atoms with Crippen molar-refractivity contribution in [3.8, 4) is 0 Å². The van der Waals surface area contributed by atoms with Gasteiger partial charge in [0.25, 0.3) is 0 Å². The third kappa shape index (κ3) is 2.65. The average Bonchev–Trinajstić information content (AvgIpc) is 2.40. The zero-order chi connectivity index (χ0) is 13.2. The summed E-state index contributed by atoms with van der Waals surface area (Å²) in [4.78, 5) is 0. The van der Waals surface area contributed by atoms with Crippen LogP contribution in [0.25, 0.3) is 0 Å². The van der Waals surface area contributed by atoms with Gasteiger partial charge in [0.1, 0.15) is 0 Å². The van der Waals surface area contributed by atoms with Crippen LogP contribution in [0.4, 0.5) is 0 Å². The highest BCUT2D eigenvalue weighted by Gasteiger charge is 2.30. The Balaban J connectivity index is 2.32. The smallest absolute Gasteiger partial charge is 0.0881 e. The van der Waals surface area contributed by atoms with E-state index < -0.39 is 6.10 Å². The fraction of sp³-hybridized carbons (Fsp3) is 0.250. The van der Waals surface area contributed by atoms with Gasteiger partial charge < -0.3 is 5.11 Å². The molecule has 94 valence electrons. The molecule has 18 heavy (non-hydrogen) atoms. The molecule has 2 rings (SSSR count). The number of aliphatic hydroxyl groups is 1. The molecule has 1 N–H and O–H groups in total. The van der Waals surface area contributed by atoms with Crippen molar-refractivity contribution >= 4 is 15.9 Å². The third-order valence-corrected chi connectivity index (χ3v) is 3.92. The summed E-state index contributed by atoms with van der Waals surface area (Å²) in [5, 5.41) is 10.6. The van der Waals surface area contributed by atoms with Crippen LogP contribution in [0, 0.1) is 0 Å². The van der Waals surface area contributed by atoms with Crippen molar-refractivity contribution in [3.63, 3.8) is 0 Å². The summed E-state index contributed by atoms with van der Waals surface area (Å²) in [6.45, 7) is 4.13. The Morgan fingerprint density at radius 3 is 2.06 bits per heavy atom. The Morgan fingerprint density at radius 1 is 0.944 bits per heavy atom. The molecule has 0 heterocycles. The van der Waals surface area contributed by atoms with Gasteiger partial charge in [-0.05, 0) is 23.3 Å². The first-order valence-corrected chi connectivity index (χ1v) is 6.80. The molecule has 0 aliphatic heterocycles. The lowest BCUT2D eigenvalue weighted by atomic mass is 9.77. The second kappa shape index (κ2) is 5.25. The first kappa shape index (κ1) is 13.3. The van der Waals surface area contributed by atoms with E-state index in [1.54, 1.807) is 0 Å². The summed E-state index contributed by atoms with van der Waals surface area (Å²) < 4.78 is 1.02. The standard InChI is InChI=1S/C16H17BrO/c1-16(2,13-6-4-3-5-7-13)15(18)12-8-10-14(17)11-9-12/h3-11,15,18H,1-2H3. The van der Waals surface area contributed by atoms with E-state index >= 15 is 0 Å². The Bertz CT molecular complexity index is 502. The quantitative estimate of drug-likeness (QED) is 0.887. The van der Waals surface area contributed by atoms with E-state index in [0.717, 1.165) is 15.6 Å². The zero-order valence-electron chi connectivity index (χ0n) is 10.6. The lowest BCUT2D eigenvalue weighted by Crippen LogP contribution is -2.26. The van der Waals surface area contributed by atoms with Crippen molar-refractivity contribution < 1.29 is 5.11 Å². The highest BCUT2D eigenvalue weighted by atomic mass is 79.9. The largest absolute Gasteiger partial charge is 0.388 e. The van der Waals surface area contributed by atoms with E-state index in [2.05, 4.69) is 41.9 Å². The molecule has 0 spiro atoms. The summed E-state index contributed by atoms with van der Waals surface area (Å²) in [5.74, 6) is 0.